The summed E-state index contributed by atoms with van der Waals surface area (Å²) in [5, 5.41) is 2.01. The molecule has 34 heavy (non-hydrogen) atoms. The highest BCUT2D eigenvalue weighted by Gasteiger charge is 2.21. The van der Waals surface area contributed by atoms with E-state index in [4.69, 9.17) is 14.2 Å². The molecule has 2 amide bonds. The maximum Gasteiger partial charge on any atom is 0.242 e. The Hall–Kier alpha value is -2.58. The van der Waals surface area contributed by atoms with Crippen LogP contribution in [0.2, 0.25) is 0 Å². The Labute approximate surface area is 207 Å². The van der Waals surface area contributed by atoms with Crippen LogP contribution in [-0.4, -0.2) is 68.7 Å². The molecule has 1 heterocycles. The molecule has 2 rings (SSSR count). The molecule has 0 unspecified atom stereocenters. The van der Waals surface area contributed by atoms with Gasteiger partial charge in [0.05, 0.1) is 27.3 Å². The number of rotatable bonds is 16. The number of amides is 2. The van der Waals surface area contributed by atoms with Crippen molar-refractivity contribution < 1.29 is 23.8 Å². The quantitative estimate of drug-likeness (QED) is 0.327. The van der Waals surface area contributed by atoms with Gasteiger partial charge in [0.1, 0.15) is 0 Å². The summed E-state index contributed by atoms with van der Waals surface area (Å²) in [6.45, 7) is 6.83. The van der Waals surface area contributed by atoms with Crippen molar-refractivity contribution in [3.05, 3.63) is 46.2 Å². The molecule has 0 N–H and O–H groups in total. The lowest BCUT2D eigenvalue weighted by Gasteiger charge is -2.28. The van der Waals surface area contributed by atoms with Crippen molar-refractivity contribution in [2.75, 3.05) is 47.1 Å². The van der Waals surface area contributed by atoms with E-state index in [0.29, 0.717) is 63.6 Å². The second kappa shape index (κ2) is 15.3. The predicted molar refractivity (Wildman–Crippen MR) is 136 cm³/mol. The van der Waals surface area contributed by atoms with Gasteiger partial charge < -0.3 is 24.0 Å². The molecule has 0 saturated carbocycles. The Morgan fingerprint density at radius 1 is 0.971 bits per heavy atom. The van der Waals surface area contributed by atoms with Crippen LogP contribution in [0.1, 0.15) is 43.6 Å². The summed E-state index contributed by atoms with van der Waals surface area (Å²) in [6.07, 6.45) is 2.59. The highest BCUT2D eigenvalue weighted by Crippen LogP contribution is 2.28. The zero-order valence-corrected chi connectivity index (χ0v) is 21.7. The smallest absolute Gasteiger partial charge is 0.242 e. The first-order chi connectivity index (χ1) is 16.5. The minimum atomic E-state index is -0.0465. The van der Waals surface area contributed by atoms with E-state index in [-0.39, 0.29) is 18.4 Å². The number of thiophene rings is 1. The molecule has 0 aliphatic rings. The van der Waals surface area contributed by atoms with E-state index in [2.05, 4.69) is 0 Å². The van der Waals surface area contributed by atoms with Gasteiger partial charge in [-0.3, -0.25) is 9.59 Å². The van der Waals surface area contributed by atoms with E-state index >= 15 is 0 Å². The highest BCUT2D eigenvalue weighted by atomic mass is 32.1. The van der Waals surface area contributed by atoms with Gasteiger partial charge in [-0.05, 0) is 55.3 Å². The Morgan fingerprint density at radius 2 is 1.76 bits per heavy atom. The van der Waals surface area contributed by atoms with Gasteiger partial charge in [0.2, 0.25) is 11.8 Å². The third kappa shape index (κ3) is 8.99. The highest BCUT2D eigenvalue weighted by molar-refractivity contribution is 7.09. The van der Waals surface area contributed by atoms with Gasteiger partial charge in [-0.2, -0.15) is 0 Å². The molecule has 0 spiro atoms. The predicted octanol–water partition coefficient (Wildman–Crippen LogP) is 4.39. The summed E-state index contributed by atoms with van der Waals surface area (Å²) in [4.78, 5) is 30.7. The summed E-state index contributed by atoms with van der Waals surface area (Å²) in [7, 11) is 3.22. The summed E-state index contributed by atoms with van der Waals surface area (Å²) in [5.74, 6) is 1.31. The van der Waals surface area contributed by atoms with Crippen molar-refractivity contribution in [2.24, 2.45) is 0 Å². The van der Waals surface area contributed by atoms with Crippen molar-refractivity contribution in [2.45, 2.75) is 46.1 Å². The molecule has 2 aromatic rings. The SMILES string of the molecule is CCCC(=O)N(CCCOCC)CC(=O)N(CCc1ccc(OC)c(OC)c1)Cc1cccs1. The standard InChI is InChI=1S/C26H38N2O5S/c1-5-9-25(29)27(14-8-16-33-6-2)20-26(30)28(19-22-10-7-17-34-22)15-13-21-11-12-23(31-3)24(18-21)32-4/h7,10-12,17-18H,5-6,8-9,13-16,19-20H2,1-4H3. The zero-order valence-electron chi connectivity index (χ0n) is 20.9. The van der Waals surface area contributed by atoms with Crippen LogP contribution in [0.15, 0.2) is 35.7 Å². The number of benzene rings is 1. The molecule has 0 saturated heterocycles. The normalized spacial score (nSPS) is 10.7. The average Bonchev–Trinajstić information content (AvgIpc) is 3.36. The molecule has 0 aliphatic carbocycles. The van der Waals surface area contributed by atoms with Crippen molar-refractivity contribution in [1.82, 2.24) is 9.80 Å². The summed E-state index contributed by atoms with van der Waals surface area (Å²) in [5.41, 5.74) is 1.05. The molecule has 0 radical (unpaired) electrons. The van der Waals surface area contributed by atoms with E-state index in [0.717, 1.165) is 16.9 Å². The monoisotopic (exact) mass is 490 g/mol. The third-order valence-corrected chi connectivity index (χ3v) is 6.32. The lowest BCUT2D eigenvalue weighted by Crippen LogP contribution is -2.43. The maximum absolute atomic E-state index is 13.4. The summed E-state index contributed by atoms with van der Waals surface area (Å²) < 4.78 is 16.2. The Morgan fingerprint density at radius 3 is 2.41 bits per heavy atom. The second-order valence-corrected chi connectivity index (χ2v) is 8.98. The van der Waals surface area contributed by atoms with E-state index in [9.17, 15) is 9.59 Å². The number of carbonyl (C=O) groups is 2. The van der Waals surface area contributed by atoms with Crippen LogP contribution in [0.25, 0.3) is 0 Å². The van der Waals surface area contributed by atoms with E-state index in [1.807, 2.05) is 54.5 Å². The fourth-order valence-corrected chi connectivity index (χ4v) is 4.33. The number of methoxy groups -OCH3 is 2. The van der Waals surface area contributed by atoms with Crippen molar-refractivity contribution in [1.29, 1.82) is 0 Å². The van der Waals surface area contributed by atoms with Crippen molar-refractivity contribution in [3.8, 4) is 11.5 Å². The lowest BCUT2D eigenvalue weighted by atomic mass is 10.1. The first-order valence-corrected chi connectivity index (χ1v) is 12.8. The van der Waals surface area contributed by atoms with Crippen molar-refractivity contribution in [3.63, 3.8) is 0 Å². The molecule has 1 aromatic carbocycles. The molecule has 0 atom stereocenters. The zero-order chi connectivity index (χ0) is 24.8. The number of ether oxygens (including phenoxy) is 3. The lowest BCUT2D eigenvalue weighted by molar-refractivity contribution is -0.141. The first kappa shape index (κ1) is 27.7. The molecular formula is C26H38N2O5S. The molecule has 0 fully saturated rings. The minimum Gasteiger partial charge on any atom is -0.493 e. The molecular weight excluding hydrogens is 452 g/mol. The van der Waals surface area contributed by atoms with E-state index in [1.165, 1.54) is 0 Å². The largest absolute Gasteiger partial charge is 0.493 e. The van der Waals surface area contributed by atoms with Crippen LogP contribution >= 0.6 is 11.3 Å². The third-order valence-electron chi connectivity index (χ3n) is 5.46. The number of hydrogen-bond acceptors (Lipinski definition) is 6. The summed E-state index contributed by atoms with van der Waals surface area (Å²) in [6, 6.07) is 9.83. The first-order valence-electron chi connectivity index (χ1n) is 11.9. The molecule has 0 aliphatic heterocycles. The van der Waals surface area contributed by atoms with Gasteiger partial charge in [-0.1, -0.05) is 19.1 Å². The van der Waals surface area contributed by atoms with Crippen LogP contribution in [0, 0.1) is 0 Å². The number of nitrogens with zero attached hydrogens (tertiary/aromatic N) is 2. The van der Waals surface area contributed by atoms with Crippen molar-refractivity contribution >= 4 is 23.2 Å². The average molecular weight is 491 g/mol. The van der Waals surface area contributed by atoms with E-state index < -0.39 is 0 Å². The van der Waals surface area contributed by atoms with Crippen LogP contribution in [0.4, 0.5) is 0 Å². The molecule has 7 nitrogen and oxygen atoms in total. The van der Waals surface area contributed by atoms with Crippen LogP contribution in [0.3, 0.4) is 0 Å². The number of carbonyl (C=O) groups excluding carboxylic acids is 2. The van der Waals surface area contributed by atoms with Crippen LogP contribution in [-0.2, 0) is 27.3 Å². The Kier molecular flexibility index (Phi) is 12.5. The molecule has 8 heteroatoms. The van der Waals surface area contributed by atoms with Gasteiger partial charge in [0.25, 0.3) is 0 Å². The fraction of sp³-hybridized carbons (Fsp3) is 0.538. The van der Waals surface area contributed by atoms with Gasteiger partial charge in [0, 0.05) is 37.6 Å². The number of hydrogen-bond donors (Lipinski definition) is 0. The fourth-order valence-electron chi connectivity index (χ4n) is 3.61. The second-order valence-electron chi connectivity index (χ2n) is 7.95. The van der Waals surface area contributed by atoms with Gasteiger partial charge >= 0.3 is 0 Å². The Bertz CT molecular complexity index is 872. The van der Waals surface area contributed by atoms with Gasteiger partial charge in [-0.25, -0.2) is 0 Å². The van der Waals surface area contributed by atoms with Crippen LogP contribution in [0.5, 0.6) is 11.5 Å². The van der Waals surface area contributed by atoms with E-state index in [1.54, 1.807) is 30.5 Å². The van der Waals surface area contributed by atoms with Gasteiger partial charge in [-0.15, -0.1) is 11.3 Å². The molecule has 0 bridgehead atoms. The van der Waals surface area contributed by atoms with Gasteiger partial charge in [0.15, 0.2) is 11.5 Å². The topological polar surface area (TPSA) is 68.3 Å². The minimum absolute atomic E-state index is 0.0170. The summed E-state index contributed by atoms with van der Waals surface area (Å²) >= 11 is 1.63. The Balaban J connectivity index is 2.11. The molecule has 188 valence electrons. The van der Waals surface area contributed by atoms with Crippen LogP contribution < -0.4 is 9.47 Å². The molecule has 1 aromatic heterocycles. The maximum atomic E-state index is 13.4.